The minimum atomic E-state index is -0.963. The second-order valence-corrected chi connectivity index (χ2v) is 17.2. The quantitative estimate of drug-likeness (QED) is 0.108. The number of imidazole rings is 2. The molecule has 7 unspecified atom stereocenters. The third-order valence-electron chi connectivity index (χ3n) is 12.9. The molecule has 0 bridgehead atoms. The Hall–Kier alpha value is -6.20. The van der Waals surface area contributed by atoms with Crippen LogP contribution < -0.4 is 15.4 Å². The van der Waals surface area contributed by atoms with E-state index in [9.17, 15) is 19.2 Å². The molecule has 0 spiro atoms. The predicted molar refractivity (Wildman–Crippen MR) is 234 cm³/mol. The number of aromatic nitrogens is 4. The van der Waals surface area contributed by atoms with E-state index in [0.717, 1.165) is 68.3 Å². The lowest BCUT2D eigenvalue weighted by atomic mass is 9.92. The van der Waals surface area contributed by atoms with Gasteiger partial charge in [0.05, 0.1) is 61.9 Å². The van der Waals surface area contributed by atoms with Crippen LogP contribution in [0.1, 0.15) is 76.3 Å². The summed E-state index contributed by atoms with van der Waals surface area (Å²) >= 11 is 0. The summed E-state index contributed by atoms with van der Waals surface area (Å²) in [5.41, 5.74) is 6.42. The Labute approximate surface area is 365 Å². The number of hydrogen-bond acceptors (Lipinski definition) is 11. The lowest BCUT2D eigenvalue weighted by molar-refractivity contribution is -0.138. The van der Waals surface area contributed by atoms with Crippen molar-refractivity contribution < 1.29 is 42.9 Å². The molecule has 0 saturated carbocycles. The average molecular weight is 865 g/mol. The van der Waals surface area contributed by atoms with Crippen molar-refractivity contribution in [3.05, 3.63) is 65.9 Å². The number of carbonyl (C=O) groups excluding carboxylic acids is 4. The molecular weight excluding hydrogens is 809 g/mol. The first-order valence-electron chi connectivity index (χ1n) is 21.4. The zero-order valence-corrected chi connectivity index (χ0v) is 36.9. The van der Waals surface area contributed by atoms with E-state index in [0.29, 0.717) is 37.8 Å². The number of fused-ring (bicyclic) bond motifs is 6. The maximum Gasteiger partial charge on any atom is 0.407 e. The lowest BCUT2D eigenvalue weighted by Gasteiger charge is -2.32. The maximum absolute atomic E-state index is 14.0. The van der Waals surface area contributed by atoms with Crippen LogP contribution in [0.4, 0.5) is 9.59 Å². The molecular formula is C46H56N8O9. The van der Waals surface area contributed by atoms with Gasteiger partial charge < -0.3 is 54.1 Å². The van der Waals surface area contributed by atoms with Gasteiger partial charge in [-0.15, -0.1) is 0 Å². The normalized spacial score (nSPS) is 20.8. The molecule has 0 radical (unpaired) electrons. The molecule has 5 aromatic rings. The molecule has 7 atom stereocenters. The van der Waals surface area contributed by atoms with E-state index in [1.165, 1.54) is 21.3 Å². The summed E-state index contributed by atoms with van der Waals surface area (Å²) in [6, 6.07) is 12.1. The van der Waals surface area contributed by atoms with Gasteiger partial charge in [-0.25, -0.2) is 19.6 Å². The number of aromatic amines is 2. The number of nitrogens with zero attached hydrogens (tertiary/aromatic N) is 4. The second-order valence-electron chi connectivity index (χ2n) is 17.2. The predicted octanol–water partition coefficient (Wildman–Crippen LogP) is 6.39. The zero-order chi connectivity index (χ0) is 44.7. The van der Waals surface area contributed by atoms with Crippen LogP contribution in [0.2, 0.25) is 0 Å². The van der Waals surface area contributed by atoms with Crippen molar-refractivity contribution in [2.75, 3.05) is 41.6 Å². The first kappa shape index (κ1) is 43.4. The summed E-state index contributed by atoms with van der Waals surface area (Å²) in [6.07, 6.45) is 1.99. The lowest BCUT2D eigenvalue weighted by Crippen LogP contribution is -2.54. The van der Waals surface area contributed by atoms with E-state index in [-0.39, 0.29) is 41.8 Å². The van der Waals surface area contributed by atoms with Crippen molar-refractivity contribution in [1.82, 2.24) is 40.4 Å². The van der Waals surface area contributed by atoms with Crippen molar-refractivity contribution >= 4 is 45.8 Å². The Kier molecular flexibility index (Phi) is 12.3. The molecule has 4 N–H and O–H groups in total. The van der Waals surface area contributed by atoms with Crippen LogP contribution >= 0.6 is 0 Å². The summed E-state index contributed by atoms with van der Waals surface area (Å²) in [5.74, 6) is 1.56. The Balaban J connectivity index is 1.05. The van der Waals surface area contributed by atoms with Crippen molar-refractivity contribution in [3.8, 4) is 28.1 Å². The number of likely N-dealkylation sites (tertiary alicyclic amines) is 2. The fourth-order valence-corrected chi connectivity index (χ4v) is 9.43. The SMILES string of the molecule is COCC1CC(c2ncc(-c3ccc4c(c3)COc3cc5c(ccc6[nH]c(C7CCC(C)N7C(=O)C(NC(=O)OC)C(C)C)nc65)cc3-4)[nH]2)N(C(=O)C(NC(=O)OC)C(C)OC)C1. The molecule has 17 heteroatoms. The van der Waals surface area contributed by atoms with Gasteiger partial charge in [-0.2, -0.15) is 0 Å². The number of hydrogen-bond donors (Lipinski definition) is 4. The highest BCUT2D eigenvalue weighted by Crippen LogP contribution is 2.44. The van der Waals surface area contributed by atoms with Gasteiger partial charge in [0.15, 0.2) is 0 Å². The molecule has 63 heavy (non-hydrogen) atoms. The van der Waals surface area contributed by atoms with Gasteiger partial charge in [-0.05, 0) is 85.4 Å². The van der Waals surface area contributed by atoms with E-state index >= 15 is 0 Å². The highest BCUT2D eigenvalue weighted by atomic mass is 16.5. The summed E-state index contributed by atoms with van der Waals surface area (Å²) < 4.78 is 27.0. The van der Waals surface area contributed by atoms with Crippen LogP contribution in [0, 0.1) is 11.8 Å². The molecule has 8 rings (SSSR count). The summed E-state index contributed by atoms with van der Waals surface area (Å²) in [5, 5.41) is 7.32. The molecule has 5 heterocycles. The number of methoxy groups -OCH3 is 4. The molecule has 2 aromatic heterocycles. The number of benzene rings is 3. The van der Waals surface area contributed by atoms with Crippen molar-refractivity contribution in [3.63, 3.8) is 0 Å². The average Bonchev–Trinajstić information content (AvgIpc) is 4.11. The third kappa shape index (κ3) is 8.26. The van der Waals surface area contributed by atoms with E-state index in [1.807, 2.05) is 31.7 Å². The van der Waals surface area contributed by atoms with Gasteiger partial charge in [0.1, 0.15) is 36.1 Å². The molecule has 334 valence electrons. The maximum atomic E-state index is 14.0. The van der Waals surface area contributed by atoms with E-state index in [2.05, 4.69) is 57.0 Å². The monoisotopic (exact) mass is 864 g/mol. The largest absolute Gasteiger partial charge is 0.488 e. The number of amides is 4. The van der Waals surface area contributed by atoms with Gasteiger partial charge >= 0.3 is 12.2 Å². The van der Waals surface area contributed by atoms with Crippen molar-refractivity contribution in [2.24, 2.45) is 11.8 Å². The minimum Gasteiger partial charge on any atom is -0.488 e. The highest BCUT2D eigenvalue weighted by molar-refractivity contribution is 6.07. The van der Waals surface area contributed by atoms with E-state index in [4.69, 9.17) is 33.7 Å². The Morgan fingerprint density at radius 3 is 2.35 bits per heavy atom. The van der Waals surface area contributed by atoms with Crippen LogP contribution in [-0.2, 0) is 35.1 Å². The molecule has 17 nitrogen and oxygen atoms in total. The molecule has 4 amide bonds. The first-order valence-corrected chi connectivity index (χ1v) is 21.4. The van der Waals surface area contributed by atoms with Crippen LogP contribution in [0.15, 0.2) is 48.7 Å². The number of carbonyl (C=O) groups is 4. The number of rotatable bonds is 12. The van der Waals surface area contributed by atoms with Gasteiger partial charge in [0.25, 0.3) is 0 Å². The van der Waals surface area contributed by atoms with Crippen LogP contribution in [0.3, 0.4) is 0 Å². The topological polar surface area (TPSA) is 202 Å². The zero-order valence-electron chi connectivity index (χ0n) is 36.9. The second kappa shape index (κ2) is 17.9. The highest BCUT2D eigenvalue weighted by Gasteiger charge is 2.43. The number of H-pyrrole nitrogens is 2. The van der Waals surface area contributed by atoms with Crippen LogP contribution in [0.25, 0.3) is 44.2 Å². The smallest absolute Gasteiger partial charge is 0.407 e. The fraction of sp³-hybridized carbons (Fsp3) is 0.478. The minimum absolute atomic E-state index is 0.0341. The Morgan fingerprint density at radius 1 is 0.873 bits per heavy atom. The standard InChI is InChI=1S/C46H56N8O9/c1-23(2)38(51-45(57)61-7)44(56)54-24(3)9-14-35(54)42-48-33-13-11-27-17-32-30-12-10-28(16-29(30)22-63-37(32)18-31(27)40(33)50-42)34-19-47-41(49-34)36-15-26(21-59-5)20-53(36)43(55)39(25(4)60-6)52-46(58)62-8/h10-13,16-19,23-26,35-36,38-39H,9,14-15,20-22H2,1-8H3,(H,47,49)(H,48,50)(H,51,57)(H,52,58). The Morgan fingerprint density at radius 2 is 1.63 bits per heavy atom. The van der Waals surface area contributed by atoms with Gasteiger partial charge in [0, 0.05) is 43.7 Å². The van der Waals surface area contributed by atoms with E-state index in [1.54, 1.807) is 25.1 Å². The third-order valence-corrected chi connectivity index (χ3v) is 12.9. The van der Waals surface area contributed by atoms with Gasteiger partial charge in [-0.1, -0.05) is 32.0 Å². The fourth-order valence-electron chi connectivity index (χ4n) is 9.43. The number of ether oxygens (including phenoxy) is 5. The molecule has 3 aromatic carbocycles. The summed E-state index contributed by atoms with van der Waals surface area (Å²) in [4.78, 5) is 72.9. The molecule has 0 aliphatic carbocycles. The van der Waals surface area contributed by atoms with Crippen molar-refractivity contribution in [2.45, 2.75) is 89.9 Å². The summed E-state index contributed by atoms with van der Waals surface area (Å²) in [6.45, 7) is 8.82. The Bertz CT molecular complexity index is 2540. The van der Waals surface area contributed by atoms with Crippen molar-refractivity contribution in [1.29, 1.82) is 0 Å². The molecule has 2 fully saturated rings. The molecule has 3 aliphatic rings. The summed E-state index contributed by atoms with van der Waals surface area (Å²) in [7, 11) is 5.68. The number of nitrogens with one attached hydrogen (secondary N) is 4. The molecule has 3 aliphatic heterocycles. The first-order chi connectivity index (χ1) is 30.3. The van der Waals surface area contributed by atoms with Gasteiger partial charge in [0.2, 0.25) is 11.8 Å². The number of alkyl carbamates (subject to hydrolysis) is 2. The van der Waals surface area contributed by atoms with Crippen LogP contribution in [0.5, 0.6) is 5.75 Å². The van der Waals surface area contributed by atoms with Gasteiger partial charge in [-0.3, -0.25) is 9.59 Å². The van der Waals surface area contributed by atoms with Crippen LogP contribution in [-0.4, -0.2) is 120 Å². The molecule has 2 saturated heterocycles. The van der Waals surface area contributed by atoms with E-state index < -0.39 is 30.4 Å².